The summed E-state index contributed by atoms with van der Waals surface area (Å²) in [6, 6.07) is 0. The van der Waals surface area contributed by atoms with Gasteiger partial charge in [0.2, 0.25) is 0 Å². The summed E-state index contributed by atoms with van der Waals surface area (Å²) in [5.74, 6) is 0. The fourth-order valence-electron chi connectivity index (χ4n) is 1.40. The smallest absolute Gasteiger partial charge is 0.142 e. The third-order valence-electron chi connectivity index (χ3n) is 2.34. The predicted molar refractivity (Wildman–Crippen MR) is 42.9 cm³/mol. The molecule has 0 bridgehead atoms. The monoisotopic (exact) mass is 176 g/mol. The quantitative estimate of drug-likeness (QED) is 0.597. The van der Waals surface area contributed by atoms with Crippen LogP contribution in [0.4, 0.5) is 0 Å². The van der Waals surface area contributed by atoms with E-state index in [0.29, 0.717) is 13.2 Å². The highest BCUT2D eigenvalue weighted by atomic mass is 16.6. The topological polar surface area (TPSA) is 58.9 Å². The fraction of sp³-hybridized carbons (Fsp3) is 1.00. The third-order valence-corrected chi connectivity index (χ3v) is 2.34. The van der Waals surface area contributed by atoms with Crippen molar-refractivity contribution in [3.05, 3.63) is 0 Å². The zero-order valence-electron chi connectivity index (χ0n) is 7.49. The van der Waals surface area contributed by atoms with Crippen molar-refractivity contribution in [2.45, 2.75) is 31.7 Å². The van der Waals surface area contributed by atoms with Gasteiger partial charge in [0.05, 0.1) is 32.0 Å². The van der Waals surface area contributed by atoms with Gasteiger partial charge in [-0.1, -0.05) is 0 Å². The number of ether oxygens (including phenoxy) is 2. The molecule has 0 spiro atoms. The van der Waals surface area contributed by atoms with Crippen molar-refractivity contribution in [2.75, 3.05) is 19.8 Å². The van der Waals surface area contributed by atoms with E-state index in [-0.39, 0.29) is 6.61 Å². The minimum atomic E-state index is -0.932. The molecule has 1 aliphatic rings. The van der Waals surface area contributed by atoms with Crippen molar-refractivity contribution in [1.29, 1.82) is 0 Å². The van der Waals surface area contributed by atoms with Gasteiger partial charge in [0.1, 0.15) is 5.60 Å². The molecule has 2 N–H and O–H groups in total. The van der Waals surface area contributed by atoms with Gasteiger partial charge in [-0.3, -0.25) is 0 Å². The van der Waals surface area contributed by atoms with E-state index >= 15 is 0 Å². The van der Waals surface area contributed by atoms with Gasteiger partial charge in [0.25, 0.3) is 0 Å². The molecule has 0 aliphatic carbocycles. The van der Waals surface area contributed by atoms with Crippen LogP contribution in [0, 0.1) is 0 Å². The Morgan fingerprint density at radius 2 is 1.75 bits per heavy atom. The van der Waals surface area contributed by atoms with Crippen molar-refractivity contribution in [1.82, 2.24) is 0 Å². The standard InChI is InChI=1S/C8H16O4/c1-6(9)8(7(2)10)5-11-3-4-12-8/h6-7,9-10H,3-5H2,1-2H3. The molecular formula is C8H16O4. The molecule has 4 heteroatoms. The lowest BCUT2D eigenvalue weighted by Crippen LogP contribution is -2.58. The molecule has 0 saturated carbocycles. The Morgan fingerprint density at radius 1 is 1.17 bits per heavy atom. The van der Waals surface area contributed by atoms with Crippen LogP contribution in [-0.4, -0.2) is 47.8 Å². The SMILES string of the molecule is CC(O)C1(C(C)O)COCCO1. The summed E-state index contributed by atoms with van der Waals surface area (Å²) in [5.41, 5.74) is -0.932. The van der Waals surface area contributed by atoms with Crippen LogP contribution in [0.1, 0.15) is 13.8 Å². The molecule has 1 heterocycles. The summed E-state index contributed by atoms with van der Waals surface area (Å²) < 4.78 is 10.5. The highest BCUT2D eigenvalue weighted by molar-refractivity contribution is 4.92. The van der Waals surface area contributed by atoms with E-state index < -0.39 is 17.8 Å². The Morgan fingerprint density at radius 3 is 2.00 bits per heavy atom. The molecule has 0 aromatic carbocycles. The Bertz CT molecular complexity index is 128. The van der Waals surface area contributed by atoms with Crippen LogP contribution in [0.5, 0.6) is 0 Å². The minimum absolute atomic E-state index is 0.252. The van der Waals surface area contributed by atoms with E-state index in [1.807, 2.05) is 0 Å². The van der Waals surface area contributed by atoms with E-state index in [0.717, 1.165) is 0 Å². The van der Waals surface area contributed by atoms with E-state index in [2.05, 4.69) is 0 Å². The normalized spacial score (nSPS) is 36.0. The van der Waals surface area contributed by atoms with Gasteiger partial charge in [-0.2, -0.15) is 0 Å². The molecule has 0 amide bonds. The van der Waals surface area contributed by atoms with Crippen molar-refractivity contribution >= 4 is 0 Å². The van der Waals surface area contributed by atoms with Gasteiger partial charge in [-0.25, -0.2) is 0 Å². The molecule has 1 saturated heterocycles. The largest absolute Gasteiger partial charge is 0.390 e. The Labute approximate surface area is 72.1 Å². The van der Waals surface area contributed by atoms with Crippen LogP contribution in [-0.2, 0) is 9.47 Å². The van der Waals surface area contributed by atoms with Crippen molar-refractivity contribution in [3.8, 4) is 0 Å². The third kappa shape index (κ3) is 1.61. The summed E-state index contributed by atoms with van der Waals surface area (Å²) in [4.78, 5) is 0. The Hall–Kier alpha value is -0.160. The molecule has 2 atom stereocenters. The number of hydrogen-bond donors (Lipinski definition) is 2. The first-order valence-electron chi connectivity index (χ1n) is 4.17. The number of hydrogen-bond acceptors (Lipinski definition) is 4. The zero-order chi connectivity index (χ0) is 9.19. The van der Waals surface area contributed by atoms with Crippen LogP contribution < -0.4 is 0 Å². The fourth-order valence-corrected chi connectivity index (χ4v) is 1.40. The first-order valence-corrected chi connectivity index (χ1v) is 4.17. The zero-order valence-corrected chi connectivity index (χ0v) is 7.49. The highest BCUT2D eigenvalue weighted by Gasteiger charge is 2.43. The van der Waals surface area contributed by atoms with E-state index in [9.17, 15) is 10.2 Å². The molecule has 0 radical (unpaired) electrons. The molecule has 72 valence electrons. The summed E-state index contributed by atoms with van der Waals surface area (Å²) in [6.07, 6.45) is -1.45. The van der Waals surface area contributed by atoms with Gasteiger partial charge < -0.3 is 19.7 Å². The van der Waals surface area contributed by atoms with E-state index in [1.54, 1.807) is 13.8 Å². The van der Waals surface area contributed by atoms with Gasteiger partial charge in [-0.05, 0) is 13.8 Å². The van der Waals surface area contributed by atoms with E-state index in [1.165, 1.54) is 0 Å². The maximum absolute atomic E-state index is 9.43. The molecule has 0 aromatic rings. The van der Waals surface area contributed by atoms with Gasteiger partial charge in [0, 0.05) is 0 Å². The first kappa shape index (κ1) is 9.92. The molecular weight excluding hydrogens is 160 g/mol. The van der Waals surface area contributed by atoms with Crippen LogP contribution in [0.2, 0.25) is 0 Å². The maximum Gasteiger partial charge on any atom is 0.142 e. The van der Waals surface area contributed by atoms with Gasteiger partial charge in [-0.15, -0.1) is 0 Å². The minimum Gasteiger partial charge on any atom is -0.390 e. The Kier molecular flexibility index (Phi) is 3.06. The molecule has 4 nitrogen and oxygen atoms in total. The maximum atomic E-state index is 9.43. The number of aliphatic hydroxyl groups is 2. The molecule has 12 heavy (non-hydrogen) atoms. The van der Waals surface area contributed by atoms with Gasteiger partial charge in [0.15, 0.2) is 0 Å². The lowest BCUT2D eigenvalue weighted by molar-refractivity contribution is -0.235. The van der Waals surface area contributed by atoms with Crippen molar-refractivity contribution in [2.24, 2.45) is 0 Å². The molecule has 0 aromatic heterocycles. The van der Waals surface area contributed by atoms with Crippen LogP contribution in [0.15, 0.2) is 0 Å². The first-order chi connectivity index (χ1) is 5.59. The summed E-state index contributed by atoms with van der Waals surface area (Å²) in [6.45, 7) is 4.40. The van der Waals surface area contributed by atoms with Gasteiger partial charge >= 0.3 is 0 Å². The lowest BCUT2D eigenvalue weighted by atomic mass is 9.92. The summed E-state index contributed by atoms with van der Waals surface area (Å²) >= 11 is 0. The molecule has 1 fully saturated rings. The molecule has 2 unspecified atom stereocenters. The van der Waals surface area contributed by atoms with E-state index in [4.69, 9.17) is 9.47 Å². The van der Waals surface area contributed by atoms with Crippen LogP contribution in [0.3, 0.4) is 0 Å². The second kappa shape index (κ2) is 3.70. The van der Waals surface area contributed by atoms with Crippen LogP contribution in [0.25, 0.3) is 0 Å². The Balaban J connectivity index is 2.70. The predicted octanol–water partition coefficient (Wildman–Crippen LogP) is -0.466. The van der Waals surface area contributed by atoms with Crippen LogP contribution >= 0.6 is 0 Å². The summed E-state index contributed by atoms with van der Waals surface area (Å²) in [7, 11) is 0. The van der Waals surface area contributed by atoms with Crippen molar-refractivity contribution in [3.63, 3.8) is 0 Å². The molecule has 1 rings (SSSR count). The lowest BCUT2D eigenvalue weighted by Gasteiger charge is -2.41. The average Bonchev–Trinajstić information content (AvgIpc) is 2.05. The highest BCUT2D eigenvalue weighted by Crippen LogP contribution is 2.24. The second-order valence-corrected chi connectivity index (χ2v) is 3.21. The summed E-state index contributed by atoms with van der Waals surface area (Å²) in [5, 5.41) is 18.9. The number of aliphatic hydroxyl groups excluding tert-OH is 2. The number of rotatable bonds is 2. The van der Waals surface area contributed by atoms with Crippen molar-refractivity contribution < 1.29 is 19.7 Å². The molecule has 1 aliphatic heterocycles. The average molecular weight is 176 g/mol. The second-order valence-electron chi connectivity index (χ2n) is 3.21.